The maximum Gasteiger partial charge on any atom is 0.243 e. The smallest absolute Gasteiger partial charge is 0.243 e. The fourth-order valence-corrected chi connectivity index (χ4v) is 4.61. The van der Waals surface area contributed by atoms with E-state index in [4.69, 9.17) is 0 Å². The van der Waals surface area contributed by atoms with Gasteiger partial charge in [-0.2, -0.15) is 4.31 Å². The van der Waals surface area contributed by atoms with Gasteiger partial charge >= 0.3 is 0 Å². The van der Waals surface area contributed by atoms with Crippen LogP contribution in [-0.2, 0) is 27.8 Å². The summed E-state index contributed by atoms with van der Waals surface area (Å²) in [6.45, 7) is 2.40. The van der Waals surface area contributed by atoms with Gasteiger partial charge in [0.2, 0.25) is 15.9 Å². The van der Waals surface area contributed by atoms with Crippen molar-refractivity contribution in [3.63, 3.8) is 0 Å². The van der Waals surface area contributed by atoms with Crippen LogP contribution >= 0.6 is 15.9 Å². The molecule has 132 valence electrons. The fourth-order valence-electron chi connectivity index (χ4n) is 3.00. The van der Waals surface area contributed by atoms with Crippen LogP contribution < -0.4 is 4.90 Å². The molecule has 5 nitrogen and oxygen atoms in total. The van der Waals surface area contributed by atoms with Gasteiger partial charge in [0.1, 0.15) is 0 Å². The predicted molar refractivity (Wildman–Crippen MR) is 101 cm³/mol. The van der Waals surface area contributed by atoms with Crippen LogP contribution in [0.15, 0.2) is 51.8 Å². The molecule has 3 rings (SSSR count). The van der Waals surface area contributed by atoms with E-state index >= 15 is 0 Å². The zero-order chi connectivity index (χ0) is 18.2. The topological polar surface area (TPSA) is 57.7 Å². The summed E-state index contributed by atoms with van der Waals surface area (Å²) < 4.78 is 28.0. The second-order valence-corrected chi connectivity index (χ2v) is 8.96. The van der Waals surface area contributed by atoms with Crippen molar-refractivity contribution in [1.82, 2.24) is 4.31 Å². The zero-order valence-electron chi connectivity index (χ0n) is 14.1. The highest BCUT2D eigenvalue weighted by Crippen LogP contribution is 2.31. The van der Waals surface area contributed by atoms with Gasteiger partial charge in [-0.15, -0.1) is 0 Å². The lowest BCUT2D eigenvalue weighted by atomic mass is 10.2. The molecule has 0 N–H and O–H groups in total. The quantitative estimate of drug-likeness (QED) is 0.759. The molecule has 0 atom stereocenters. The predicted octanol–water partition coefficient (Wildman–Crippen LogP) is 3.18. The summed E-state index contributed by atoms with van der Waals surface area (Å²) in [4.78, 5) is 13.6. The molecule has 0 spiro atoms. The Labute approximate surface area is 156 Å². The molecular weight excluding hydrogens is 404 g/mol. The molecule has 1 aliphatic heterocycles. The number of fused-ring (bicyclic) bond motifs is 1. The molecule has 1 amide bonds. The summed E-state index contributed by atoms with van der Waals surface area (Å²) in [5.41, 5.74) is 2.60. The van der Waals surface area contributed by atoms with Crippen molar-refractivity contribution >= 4 is 37.5 Å². The molecule has 0 saturated heterocycles. The van der Waals surface area contributed by atoms with E-state index in [2.05, 4.69) is 15.9 Å². The van der Waals surface area contributed by atoms with Crippen molar-refractivity contribution in [1.29, 1.82) is 0 Å². The van der Waals surface area contributed by atoms with Gasteiger partial charge in [0.15, 0.2) is 0 Å². The monoisotopic (exact) mass is 422 g/mol. The molecule has 25 heavy (non-hydrogen) atoms. The van der Waals surface area contributed by atoms with E-state index in [-0.39, 0.29) is 17.3 Å². The second kappa shape index (κ2) is 6.90. The largest absolute Gasteiger partial charge is 0.312 e. The van der Waals surface area contributed by atoms with Gasteiger partial charge < -0.3 is 4.90 Å². The Hall–Kier alpha value is -1.70. The number of nitrogens with zero attached hydrogens (tertiary/aromatic N) is 2. The minimum Gasteiger partial charge on any atom is -0.312 e. The molecular formula is C18H19BrN2O3S. The molecule has 1 heterocycles. The minimum atomic E-state index is -3.60. The third kappa shape index (κ3) is 3.49. The SMILES string of the molecule is CC(=O)N1CCc2cc(S(=O)(=O)N(C)Cc3ccccc3Br)ccc21. The zero-order valence-corrected chi connectivity index (χ0v) is 16.5. The molecule has 1 aliphatic rings. The first-order chi connectivity index (χ1) is 11.8. The Balaban J connectivity index is 1.88. The Morgan fingerprint density at radius 3 is 2.64 bits per heavy atom. The number of carbonyl (C=O) groups excluding carboxylic acids is 1. The Morgan fingerprint density at radius 1 is 1.24 bits per heavy atom. The van der Waals surface area contributed by atoms with E-state index in [1.165, 1.54) is 11.2 Å². The summed E-state index contributed by atoms with van der Waals surface area (Å²) in [5, 5.41) is 0. The van der Waals surface area contributed by atoms with Crippen LogP contribution in [0.5, 0.6) is 0 Å². The molecule has 7 heteroatoms. The first-order valence-electron chi connectivity index (χ1n) is 7.91. The third-order valence-electron chi connectivity index (χ3n) is 4.39. The highest BCUT2D eigenvalue weighted by molar-refractivity contribution is 9.10. The third-order valence-corrected chi connectivity index (χ3v) is 6.96. The Kier molecular flexibility index (Phi) is 4.99. The Bertz CT molecular complexity index is 928. The van der Waals surface area contributed by atoms with Crippen molar-refractivity contribution in [3.05, 3.63) is 58.1 Å². The molecule has 0 unspecified atom stereocenters. The first-order valence-corrected chi connectivity index (χ1v) is 10.1. The number of anilines is 1. The van der Waals surface area contributed by atoms with Crippen LogP contribution in [0.2, 0.25) is 0 Å². The van der Waals surface area contributed by atoms with Gasteiger partial charge in [-0.05, 0) is 41.8 Å². The first kappa shape index (κ1) is 18.1. The van der Waals surface area contributed by atoms with Crippen LogP contribution in [0.3, 0.4) is 0 Å². The molecule has 0 bridgehead atoms. The van der Waals surface area contributed by atoms with Crippen LogP contribution in [-0.4, -0.2) is 32.2 Å². The number of sulfonamides is 1. The maximum atomic E-state index is 12.9. The van der Waals surface area contributed by atoms with E-state index in [0.29, 0.717) is 13.0 Å². The van der Waals surface area contributed by atoms with E-state index in [1.54, 1.807) is 30.1 Å². The van der Waals surface area contributed by atoms with Gasteiger partial charge in [0.05, 0.1) is 4.90 Å². The lowest BCUT2D eigenvalue weighted by Gasteiger charge is -2.19. The number of amides is 1. The van der Waals surface area contributed by atoms with E-state index in [9.17, 15) is 13.2 Å². The second-order valence-electron chi connectivity index (χ2n) is 6.06. The van der Waals surface area contributed by atoms with E-state index in [0.717, 1.165) is 21.3 Å². The number of rotatable bonds is 4. The van der Waals surface area contributed by atoms with Gasteiger partial charge in [-0.3, -0.25) is 4.79 Å². The molecule has 0 aliphatic carbocycles. The highest BCUT2D eigenvalue weighted by atomic mass is 79.9. The van der Waals surface area contributed by atoms with Crippen LogP contribution in [0, 0.1) is 0 Å². The lowest BCUT2D eigenvalue weighted by molar-refractivity contribution is -0.116. The van der Waals surface area contributed by atoms with E-state index in [1.807, 2.05) is 24.3 Å². The van der Waals surface area contributed by atoms with Gasteiger partial charge in [0, 0.05) is 37.2 Å². The summed E-state index contributed by atoms with van der Waals surface area (Å²) in [5.74, 6) is -0.0274. The number of halogens is 1. The average molecular weight is 423 g/mol. The molecule has 0 fully saturated rings. The highest BCUT2D eigenvalue weighted by Gasteiger charge is 2.27. The van der Waals surface area contributed by atoms with Crippen molar-refractivity contribution in [2.24, 2.45) is 0 Å². The average Bonchev–Trinajstić information content (AvgIpc) is 3.00. The van der Waals surface area contributed by atoms with Gasteiger partial charge in [-0.25, -0.2) is 8.42 Å². The van der Waals surface area contributed by atoms with Crippen molar-refractivity contribution in [2.75, 3.05) is 18.5 Å². The number of carbonyl (C=O) groups is 1. The summed E-state index contributed by atoms with van der Waals surface area (Å²) in [7, 11) is -2.03. The number of hydrogen-bond acceptors (Lipinski definition) is 3. The molecule has 0 aromatic heterocycles. The number of hydrogen-bond donors (Lipinski definition) is 0. The summed E-state index contributed by atoms with van der Waals surface area (Å²) >= 11 is 3.45. The standard InChI is InChI=1S/C18H19BrN2O3S/c1-13(22)21-10-9-14-11-16(7-8-18(14)21)25(23,24)20(2)12-15-5-3-4-6-17(15)19/h3-8,11H,9-10,12H2,1-2H3. The molecule has 2 aromatic carbocycles. The maximum absolute atomic E-state index is 12.9. The molecule has 2 aromatic rings. The van der Waals surface area contributed by atoms with Crippen molar-refractivity contribution in [2.45, 2.75) is 24.8 Å². The molecule has 0 saturated carbocycles. The van der Waals surface area contributed by atoms with Crippen LogP contribution in [0.1, 0.15) is 18.1 Å². The Morgan fingerprint density at radius 2 is 1.96 bits per heavy atom. The van der Waals surface area contributed by atoms with Crippen LogP contribution in [0.4, 0.5) is 5.69 Å². The minimum absolute atomic E-state index is 0.0274. The number of benzene rings is 2. The fraction of sp³-hybridized carbons (Fsp3) is 0.278. The lowest BCUT2D eigenvalue weighted by Crippen LogP contribution is -2.27. The van der Waals surface area contributed by atoms with E-state index < -0.39 is 10.0 Å². The molecule has 0 radical (unpaired) electrons. The van der Waals surface area contributed by atoms with Gasteiger partial charge in [0.25, 0.3) is 0 Å². The van der Waals surface area contributed by atoms with Crippen LogP contribution in [0.25, 0.3) is 0 Å². The van der Waals surface area contributed by atoms with Crippen molar-refractivity contribution < 1.29 is 13.2 Å². The van der Waals surface area contributed by atoms with Gasteiger partial charge in [-0.1, -0.05) is 34.1 Å². The summed E-state index contributed by atoms with van der Waals surface area (Å²) in [6.07, 6.45) is 0.673. The normalized spacial score (nSPS) is 14.0. The van der Waals surface area contributed by atoms with Crippen molar-refractivity contribution in [3.8, 4) is 0 Å². The summed E-state index contributed by atoms with van der Waals surface area (Å²) in [6, 6.07) is 12.5.